The van der Waals surface area contributed by atoms with Crippen LogP contribution in [0.4, 0.5) is 5.82 Å². The Balaban J connectivity index is 1.60. The molecule has 4 rings (SSSR count). The molecule has 0 atom stereocenters. The van der Waals surface area contributed by atoms with Gasteiger partial charge in [-0.1, -0.05) is 18.2 Å². The molecule has 28 heavy (non-hydrogen) atoms. The van der Waals surface area contributed by atoms with Gasteiger partial charge in [0.25, 0.3) is 0 Å². The number of para-hydroxylation sites is 2. The second kappa shape index (κ2) is 7.18. The number of hydrogen-bond acceptors (Lipinski definition) is 5. The van der Waals surface area contributed by atoms with Crippen molar-refractivity contribution in [2.75, 3.05) is 24.2 Å². The summed E-state index contributed by atoms with van der Waals surface area (Å²) in [6, 6.07) is 12.2. The molecule has 0 amide bonds. The first-order valence-electron chi connectivity index (χ1n) is 9.43. The first-order chi connectivity index (χ1) is 13.3. The van der Waals surface area contributed by atoms with Crippen molar-refractivity contribution in [3.63, 3.8) is 0 Å². The lowest BCUT2D eigenvalue weighted by Gasteiger charge is -2.33. The number of benzene rings is 1. The van der Waals surface area contributed by atoms with Gasteiger partial charge in [0.15, 0.2) is 5.82 Å². The van der Waals surface area contributed by atoms with Crippen LogP contribution in [0.25, 0.3) is 22.6 Å². The van der Waals surface area contributed by atoms with Crippen molar-refractivity contribution in [1.82, 2.24) is 19.3 Å². The summed E-state index contributed by atoms with van der Waals surface area (Å²) in [7, 11) is -1.15. The zero-order chi connectivity index (χ0) is 19.9. The maximum Gasteiger partial charge on any atom is 0.208 e. The van der Waals surface area contributed by atoms with Crippen molar-refractivity contribution in [1.29, 1.82) is 0 Å². The zero-order valence-corrected chi connectivity index (χ0v) is 17.2. The smallest absolute Gasteiger partial charge is 0.208 e. The van der Waals surface area contributed by atoms with E-state index in [2.05, 4.69) is 26.3 Å². The van der Waals surface area contributed by atoms with Crippen molar-refractivity contribution in [2.24, 2.45) is 7.05 Å². The fraction of sp³-hybridized carbons (Fsp3) is 0.400. The molecule has 1 saturated heterocycles. The van der Waals surface area contributed by atoms with Gasteiger partial charge < -0.3 is 9.47 Å². The van der Waals surface area contributed by atoms with E-state index in [1.807, 2.05) is 38.2 Å². The Morgan fingerprint density at radius 1 is 1.07 bits per heavy atom. The highest BCUT2D eigenvalue weighted by atomic mass is 32.2. The van der Waals surface area contributed by atoms with Crippen molar-refractivity contribution in [3.8, 4) is 11.5 Å². The predicted octanol–water partition coefficient (Wildman–Crippen LogP) is 2.46. The number of aryl methyl sites for hydroxylation is 2. The summed E-state index contributed by atoms with van der Waals surface area (Å²) in [5.74, 6) is 1.76. The summed E-state index contributed by atoms with van der Waals surface area (Å²) in [4.78, 5) is 11.9. The Kier molecular flexibility index (Phi) is 4.84. The minimum Gasteiger partial charge on any atom is -0.356 e. The van der Waals surface area contributed by atoms with Gasteiger partial charge >= 0.3 is 0 Å². The van der Waals surface area contributed by atoms with Crippen molar-refractivity contribution >= 4 is 26.9 Å². The Labute approximate surface area is 165 Å². The van der Waals surface area contributed by atoms with Gasteiger partial charge in [0, 0.05) is 26.2 Å². The number of pyridine rings is 1. The van der Waals surface area contributed by atoms with E-state index in [1.54, 1.807) is 0 Å². The molecule has 7 nitrogen and oxygen atoms in total. The van der Waals surface area contributed by atoms with Gasteiger partial charge in [-0.15, -0.1) is 0 Å². The standard InChI is InChI=1S/C20H25N5O2S/c1-14-8-9-18(25-12-10-15(11-13-25)23-28(3,26)27)22-19(14)20-21-16-6-4-5-7-17(16)24(20)2/h4-9,15,23H,10-13H2,1-3H3. The lowest BCUT2D eigenvalue weighted by atomic mass is 10.1. The Hall–Kier alpha value is -2.45. The Bertz CT molecular complexity index is 1110. The molecular weight excluding hydrogens is 374 g/mol. The maximum atomic E-state index is 11.4. The molecule has 3 aromatic rings. The molecule has 0 spiro atoms. The van der Waals surface area contributed by atoms with Gasteiger partial charge in [-0.2, -0.15) is 0 Å². The summed E-state index contributed by atoms with van der Waals surface area (Å²) < 4.78 is 27.7. The SMILES string of the molecule is Cc1ccc(N2CCC(NS(C)(=O)=O)CC2)nc1-c1nc2ccccc2n1C. The minimum absolute atomic E-state index is 0.00370. The fourth-order valence-electron chi connectivity index (χ4n) is 3.81. The zero-order valence-electron chi connectivity index (χ0n) is 16.4. The molecule has 1 aliphatic rings. The van der Waals surface area contributed by atoms with Crippen molar-refractivity contribution in [3.05, 3.63) is 42.0 Å². The number of piperidine rings is 1. The quantitative estimate of drug-likeness (QED) is 0.729. The number of nitrogens with zero attached hydrogens (tertiary/aromatic N) is 4. The summed E-state index contributed by atoms with van der Waals surface area (Å²) in [5.41, 5.74) is 4.00. The van der Waals surface area contributed by atoms with Crippen LogP contribution in [0.3, 0.4) is 0 Å². The molecule has 1 aromatic carbocycles. The molecule has 3 heterocycles. The third-order valence-electron chi connectivity index (χ3n) is 5.28. The maximum absolute atomic E-state index is 11.4. The molecule has 0 unspecified atom stereocenters. The van der Waals surface area contributed by atoms with E-state index >= 15 is 0 Å². The number of fused-ring (bicyclic) bond motifs is 1. The van der Waals surface area contributed by atoms with E-state index < -0.39 is 10.0 Å². The van der Waals surface area contributed by atoms with E-state index in [1.165, 1.54) is 6.26 Å². The summed E-state index contributed by atoms with van der Waals surface area (Å²) in [5, 5.41) is 0. The van der Waals surface area contributed by atoms with Gasteiger partial charge in [-0.05, 0) is 43.5 Å². The topological polar surface area (TPSA) is 80.1 Å². The monoisotopic (exact) mass is 399 g/mol. The first-order valence-corrected chi connectivity index (χ1v) is 11.3. The van der Waals surface area contributed by atoms with E-state index in [0.29, 0.717) is 0 Å². The van der Waals surface area contributed by atoms with Crippen LogP contribution in [0.15, 0.2) is 36.4 Å². The Morgan fingerprint density at radius 3 is 2.46 bits per heavy atom. The average Bonchev–Trinajstić information content (AvgIpc) is 2.99. The van der Waals surface area contributed by atoms with Crippen LogP contribution in [0.2, 0.25) is 0 Å². The number of anilines is 1. The van der Waals surface area contributed by atoms with Crippen molar-refractivity contribution in [2.45, 2.75) is 25.8 Å². The number of nitrogens with one attached hydrogen (secondary N) is 1. The van der Waals surface area contributed by atoms with E-state index in [4.69, 9.17) is 9.97 Å². The van der Waals surface area contributed by atoms with Gasteiger partial charge in [-0.3, -0.25) is 0 Å². The Morgan fingerprint density at radius 2 is 1.79 bits per heavy atom. The van der Waals surface area contributed by atoms with Crippen LogP contribution in [0.5, 0.6) is 0 Å². The summed E-state index contributed by atoms with van der Waals surface area (Å²) >= 11 is 0. The lowest BCUT2D eigenvalue weighted by Crippen LogP contribution is -2.44. The third kappa shape index (κ3) is 3.74. The van der Waals surface area contributed by atoms with Crippen LogP contribution >= 0.6 is 0 Å². The van der Waals surface area contributed by atoms with Crippen LogP contribution in [-0.4, -0.2) is 48.3 Å². The number of hydrogen-bond donors (Lipinski definition) is 1. The molecule has 1 aliphatic heterocycles. The van der Waals surface area contributed by atoms with Gasteiger partial charge in [0.1, 0.15) is 11.5 Å². The number of rotatable bonds is 4. The van der Waals surface area contributed by atoms with Gasteiger partial charge in [0.2, 0.25) is 10.0 Å². The molecular formula is C20H25N5O2S. The number of imidazole rings is 1. The van der Waals surface area contributed by atoms with Gasteiger partial charge in [-0.25, -0.2) is 23.1 Å². The first kappa shape index (κ1) is 18.9. The highest BCUT2D eigenvalue weighted by molar-refractivity contribution is 7.88. The normalized spacial score (nSPS) is 16.0. The molecule has 0 saturated carbocycles. The molecule has 1 fully saturated rings. The third-order valence-corrected chi connectivity index (χ3v) is 6.04. The highest BCUT2D eigenvalue weighted by Gasteiger charge is 2.23. The molecule has 0 bridgehead atoms. The highest BCUT2D eigenvalue weighted by Crippen LogP contribution is 2.28. The molecule has 1 N–H and O–H groups in total. The fourth-order valence-corrected chi connectivity index (χ4v) is 4.65. The predicted molar refractivity (Wildman–Crippen MR) is 112 cm³/mol. The number of sulfonamides is 1. The van der Waals surface area contributed by atoms with Crippen LogP contribution in [-0.2, 0) is 17.1 Å². The molecule has 8 heteroatoms. The molecule has 0 radical (unpaired) electrons. The van der Waals surface area contributed by atoms with E-state index in [9.17, 15) is 8.42 Å². The minimum atomic E-state index is -3.17. The number of aromatic nitrogens is 3. The van der Waals surface area contributed by atoms with Crippen molar-refractivity contribution < 1.29 is 8.42 Å². The lowest BCUT2D eigenvalue weighted by molar-refractivity contribution is 0.460. The van der Waals surface area contributed by atoms with Gasteiger partial charge in [0.05, 0.1) is 17.3 Å². The second-order valence-electron chi connectivity index (χ2n) is 7.47. The summed E-state index contributed by atoms with van der Waals surface area (Å²) in [6.45, 7) is 3.59. The molecule has 148 valence electrons. The molecule has 2 aromatic heterocycles. The average molecular weight is 400 g/mol. The van der Waals surface area contributed by atoms with Crippen LogP contribution in [0, 0.1) is 6.92 Å². The van der Waals surface area contributed by atoms with Crippen LogP contribution < -0.4 is 9.62 Å². The summed E-state index contributed by atoms with van der Waals surface area (Å²) in [6.07, 6.45) is 2.75. The second-order valence-corrected chi connectivity index (χ2v) is 9.25. The molecule has 0 aliphatic carbocycles. The van der Waals surface area contributed by atoms with Crippen LogP contribution in [0.1, 0.15) is 18.4 Å². The largest absolute Gasteiger partial charge is 0.356 e. The van der Waals surface area contributed by atoms with E-state index in [-0.39, 0.29) is 6.04 Å². The van der Waals surface area contributed by atoms with E-state index in [0.717, 1.165) is 59.9 Å².